The van der Waals surface area contributed by atoms with Gasteiger partial charge in [-0.05, 0) is 32.3 Å². The number of amides is 1. The smallest absolute Gasteiger partial charge is 0.394 e. The lowest BCUT2D eigenvalue weighted by Crippen LogP contribution is -2.44. The van der Waals surface area contributed by atoms with Crippen LogP contribution in [0.4, 0.5) is 4.79 Å². The van der Waals surface area contributed by atoms with Gasteiger partial charge in [-0.3, -0.25) is 0 Å². The summed E-state index contributed by atoms with van der Waals surface area (Å²) in [5.74, 6) is 0. The molecule has 1 amide bonds. The Morgan fingerprint density at radius 3 is 2.38 bits per heavy atom. The van der Waals surface area contributed by atoms with Crippen molar-refractivity contribution in [1.82, 2.24) is 4.90 Å². The van der Waals surface area contributed by atoms with E-state index in [9.17, 15) is 4.79 Å². The summed E-state index contributed by atoms with van der Waals surface area (Å²) in [6.45, 7) is 5.33. The quantitative estimate of drug-likeness (QED) is 0.682. The van der Waals surface area contributed by atoms with Crippen LogP contribution in [0.5, 0.6) is 0 Å². The molecule has 6 heteroatoms. The maximum atomic E-state index is 12.7. The van der Waals surface area contributed by atoms with Crippen LogP contribution in [-0.2, 0) is 25.5 Å². The van der Waals surface area contributed by atoms with Gasteiger partial charge in [-0.1, -0.05) is 30.3 Å². The van der Waals surface area contributed by atoms with E-state index in [-0.39, 0.29) is 6.04 Å². The van der Waals surface area contributed by atoms with Crippen molar-refractivity contribution in [2.75, 3.05) is 26.4 Å². The number of hydrogen-bond donors (Lipinski definition) is 0. The largest absolute Gasteiger partial charge is 0.414 e. The van der Waals surface area contributed by atoms with Crippen molar-refractivity contribution in [3.63, 3.8) is 0 Å². The summed E-state index contributed by atoms with van der Waals surface area (Å²) in [6.07, 6.45) is 1.18. The van der Waals surface area contributed by atoms with Crippen LogP contribution in [0.15, 0.2) is 30.3 Å². The molecule has 0 saturated carbocycles. The Kier molecular flexibility index (Phi) is 8.01. The van der Waals surface area contributed by atoms with Crippen LogP contribution in [0.25, 0.3) is 0 Å². The molecule has 1 saturated heterocycles. The van der Waals surface area contributed by atoms with Crippen molar-refractivity contribution in [3.05, 3.63) is 35.9 Å². The Morgan fingerprint density at radius 2 is 1.79 bits per heavy atom. The maximum absolute atomic E-state index is 12.7. The minimum Gasteiger partial charge on any atom is -0.394 e. The molecule has 0 aromatic heterocycles. The van der Waals surface area contributed by atoms with Gasteiger partial charge in [-0.25, -0.2) is 4.79 Å². The minimum atomic E-state index is -0.967. The van der Waals surface area contributed by atoms with Crippen molar-refractivity contribution in [1.29, 1.82) is 0 Å². The SMILES string of the molecule is CCOC(OCC)OC(=O)N(Cc1ccccc1)C1CCOCC1. The first-order valence-electron chi connectivity index (χ1n) is 8.56. The third-order valence-corrected chi connectivity index (χ3v) is 3.86. The zero-order valence-electron chi connectivity index (χ0n) is 14.5. The summed E-state index contributed by atoms with van der Waals surface area (Å²) in [7, 11) is 0. The summed E-state index contributed by atoms with van der Waals surface area (Å²) in [5.41, 5.74) is 1.06. The third kappa shape index (κ3) is 5.78. The van der Waals surface area contributed by atoms with Crippen LogP contribution < -0.4 is 0 Å². The fourth-order valence-electron chi connectivity index (χ4n) is 2.66. The van der Waals surface area contributed by atoms with Gasteiger partial charge < -0.3 is 23.8 Å². The van der Waals surface area contributed by atoms with Gasteiger partial charge >= 0.3 is 12.6 Å². The molecule has 0 unspecified atom stereocenters. The molecule has 0 spiro atoms. The molecular weight excluding hydrogens is 310 g/mol. The van der Waals surface area contributed by atoms with Crippen molar-refractivity contribution in [2.45, 2.75) is 45.8 Å². The van der Waals surface area contributed by atoms with E-state index < -0.39 is 12.6 Å². The highest BCUT2D eigenvalue weighted by atomic mass is 16.9. The fraction of sp³-hybridized carbons (Fsp3) is 0.611. The van der Waals surface area contributed by atoms with Crippen LogP contribution in [0.1, 0.15) is 32.3 Å². The highest BCUT2D eigenvalue weighted by Gasteiger charge is 2.29. The Balaban J connectivity index is 2.06. The molecule has 2 rings (SSSR count). The highest BCUT2D eigenvalue weighted by Crippen LogP contribution is 2.19. The van der Waals surface area contributed by atoms with E-state index in [4.69, 9.17) is 18.9 Å². The molecule has 0 atom stereocenters. The number of rotatable bonds is 8. The third-order valence-electron chi connectivity index (χ3n) is 3.86. The normalized spacial score (nSPS) is 15.5. The van der Waals surface area contributed by atoms with E-state index in [0.29, 0.717) is 33.0 Å². The van der Waals surface area contributed by atoms with Crippen molar-refractivity contribution in [2.24, 2.45) is 0 Å². The lowest BCUT2D eigenvalue weighted by atomic mass is 10.1. The second-order valence-corrected chi connectivity index (χ2v) is 5.54. The maximum Gasteiger partial charge on any atom is 0.414 e. The fourth-order valence-corrected chi connectivity index (χ4v) is 2.66. The molecule has 0 N–H and O–H groups in total. The average Bonchev–Trinajstić information content (AvgIpc) is 2.61. The second-order valence-electron chi connectivity index (χ2n) is 5.54. The van der Waals surface area contributed by atoms with E-state index >= 15 is 0 Å². The molecule has 1 aromatic carbocycles. The van der Waals surface area contributed by atoms with Crippen LogP contribution in [-0.4, -0.2) is 49.9 Å². The Hall–Kier alpha value is -1.63. The Morgan fingerprint density at radius 1 is 1.17 bits per heavy atom. The van der Waals surface area contributed by atoms with E-state index in [1.165, 1.54) is 0 Å². The van der Waals surface area contributed by atoms with Gasteiger partial charge in [0.25, 0.3) is 0 Å². The van der Waals surface area contributed by atoms with Gasteiger partial charge in [-0.15, -0.1) is 0 Å². The predicted molar refractivity (Wildman–Crippen MR) is 89.3 cm³/mol. The molecule has 134 valence electrons. The average molecular weight is 337 g/mol. The minimum absolute atomic E-state index is 0.0929. The molecule has 6 nitrogen and oxygen atoms in total. The summed E-state index contributed by atoms with van der Waals surface area (Å²) in [4.78, 5) is 14.5. The van der Waals surface area contributed by atoms with Gasteiger partial charge in [0.05, 0.1) is 13.2 Å². The molecule has 1 aliphatic heterocycles. The van der Waals surface area contributed by atoms with E-state index in [0.717, 1.165) is 18.4 Å². The first-order chi connectivity index (χ1) is 11.7. The highest BCUT2D eigenvalue weighted by molar-refractivity contribution is 5.68. The van der Waals surface area contributed by atoms with Gasteiger partial charge in [0.1, 0.15) is 0 Å². The number of ether oxygens (including phenoxy) is 4. The van der Waals surface area contributed by atoms with Gasteiger partial charge in [0.2, 0.25) is 0 Å². The Bertz CT molecular complexity index is 470. The lowest BCUT2D eigenvalue weighted by Gasteiger charge is -2.34. The molecule has 24 heavy (non-hydrogen) atoms. The topological polar surface area (TPSA) is 57.2 Å². The first-order valence-corrected chi connectivity index (χ1v) is 8.56. The standard InChI is InChI=1S/C18H27NO5/c1-3-22-18(23-4-2)24-17(20)19(16-10-12-21-13-11-16)14-15-8-6-5-7-9-15/h5-9,16,18H,3-4,10-14H2,1-2H3. The van der Waals surface area contributed by atoms with Crippen LogP contribution in [0.2, 0.25) is 0 Å². The Labute approximate surface area is 143 Å². The number of hydrogen-bond acceptors (Lipinski definition) is 5. The molecule has 1 aliphatic rings. The molecule has 1 aromatic rings. The molecule has 1 heterocycles. The second kappa shape index (κ2) is 10.3. The monoisotopic (exact) mass is 337 g/mol. The summed E-state index contributed by atoms with van der Waals surface area (Å²) in [5, 5.41) is 0. The zero-order valence-corrected chi connectivity index (χ0v) is 14.5. The molecule has 0 radical (unpaired) electrons. The number of benzene rings is 1. The van der Waals surface area contributed by atoms with Gasteiger partial charge in [0.15, 0.2) is 0 Å². The number of nitrogens with zero attached hydrogens (tertiary/aromatic N) is 1. The van der Waals surface area contributed by atoms with Crippen LogP contribution in [0.3, 0.4) is 0 Å². The summed E-state index contributed by atoms with van der Waals surface area (Å²) in [6, 6.07) is 9.98. The molecule has 0 bridgehead atoms. The van der Waals surface area contributed by atoms with Gasteiger partial charge in [-0.2, -0.15) is 0 Å². The summed E-state index contributed by atoms with van der Waals surface area (Å²) >= 11 is 0. The number of carbonyl (C=O) groups is 1. The van der Waals surface area contributed by atoms with Gasteiger partial charge in [0, 0.05) is 25.8 Å². The van der Waals surface area contributed by atoms with E-state index in [1.54, 1.807) is 4.90 Å². The first kappa shape index (κ1) is 18.7. The van der Waals surface area contributed by atoms with E-state index in [2.05, 4.69) is 0 Å². The molecule has 0 aliphatic carbocycles. The van der Waals surface area contributed by atoms with Crippen molar-refractivity contribution < 1.29 is 23.7 Å². The lowest BCUT2D eigenvalue weighted by molar-refractivity contribution is -0.260. The molecular formula is C18H27NO5. The number of carbonyl (C=O) groups excluding carboxylic acids is 1. The van der Waals surface area contributed by atoms with Crippen LogP contribution >= 0.6 is 0 Å². The van der Waals surface area contributed by atoms with E-state index in [1.807, 2.05) is 44.2 Å². The van der Waals surface area contributed by atoms with Crippen molar-refractivity contribution >= 4 is 6.09 Å². The summed E-state index contributed by atoms with van der Waals surface area (Å²) < 4.78 is 21.5. The molecule has 1 fully saturated rings. The van der Waals surface area contributed by atoms with Crippen molar-refractivity contribution in [3.8, 4) is 0 Å². The zero-order chi connectivity index (χ0) is 17.2. The predicted octanol–water partition coefficient (Wildman–Crippen LogP) is 3.16. The van der Waals surface area contributed by atoms with Crippen LogP contribution in [0, 0.1) is 0 Å².